The molecule has 2 unspecified atom stereocenters. The van der Waals surface area contributed by atoms with Crippen molar-refractivity contribution in [2.24, 2.45) is 0 Å². The zero-order valence-corrected chi connectivity index (χ0v) is 13.1. The Morgan fingerprint density at radius 1 is 1.22 bits per heavy atom. The fourth-order valence-corrected chi connectivity index (χ4v) is 3.84. The van der Waals surface area contributed by atoms with Crippen LogP contribution in [0.3, 0.4) is 0 Å². The van der Waals surface area contributed by atoms with E-state index in [2.05, 4.69) is 9.88 Å². The molecule has 2 atom stereocenters. The average Bonchev–Trinajstić information content (AvgIpc) is 3.11. The maximum absolute atomic E-state index is 13.7. The van der Waals surface area contributed by atoms with E-state index in [1.807, 2.05) is 28.8 Å². The standard InChI is InChI=1S/C17H22FN3O2/c18-13-7-10-23-16(13)11-20-8-5-12(6-9-20)21-15-4-2-1-3-14(15)19-17(21)22/h1-4,12-13,16H,5-11H2,(H,19,22). The molecular weight excluding hydrogens is 297 g/mol. The van der Waals surface area contributed by atoms with Crippen LogP contribution in [0.15, 0.2) is 29.1 Å². The number of rotatable bonds is 3. The number of nitrogens with zero attached hydrogens (tertiary/aromatic N) is 2. The number of piperidine rings is 1. The molecule has 1 aromatic carbocycles. The number of para-hydroxylation sites is 2. The number of hydrogen-bond acceptors (Lipinski definition) is 3. The molecule has 1 N–H and O–H groups in total. The molecule has 2 saturated heterocycles. The number of alkyl halides is 1. The molecule has 0 bridgehead atoms. The van der Waals surface area contributed by atoms with Crippen molar-refractivity contribution >= 4 is 11.0 Å². The van der Waals surface area contributed by atoms with Gasteiger partial charge in [0.2, 0.25) is 0 Å². The number of ether oxygens (including phenoxy) is 1. The van der Waals surface area contributed by atoms with Gasteiger partial charge in [0, 0.05) is 32.1 Å². The van der Waals surface area contributed by atoms with E-state index in [-0.39, 0.29) is 17.8 Å². The normalized spacial score (nSPS) is 27.0. The van der Waals surface area contributed by atoms with Crippen LogP contribution in [0.25, 0.3) is 11.0 Å². The molecule has 0 aliphatic carbocycles. The van der Waals surface area contributed by atoms with E-state index in [9.17, 15) is 9.18 Å². The van der Waals surface area contributed by atoms with Crippen LogP contribution in [0.2, 0.25) is 0 Å². The molecule has 0 spiro atoms. The van der Waals surface area contributed by atoms with Gasteiger partial charge >= 0.3 is 5.69 Å². The number of hydrogen-bond donors (Lipinski definition) is 1. The van der Waals surface area contributed by atoms with E-state index in [4.69, 9.17) is 4.74 Å². The zero-order valence-electron chi connectivity index (χ0n) is 13.1. The number of aromatic amines is 1. The van der Waals surface area contributed by atoms with E-state index in [0.717, 1.165) is 37.0 Å². The van der Waals surface area contributed by atoms with Gasteiger partial charge in [-0.1, -0.05) is 12.1 Å². The summed E-state index contributed by atoms with van der Waals surface area (Å²) in [5, 5.41) is 0. The van der Waals surface area contributed by atoms with Gasteiger partial charge < -0.3 is 14.6 Å². The second kappa shape index (κ2) is 6.09. The maximum Gasteiger partial charge on any atom is 0.326 e. The first-order chi connectivity index (χ1) is 11.2. The van der Waals surface area contributed by atoms with Crippen molar-refractivity contribution in [1.82, 2.24) is 14.5 Å². The number of H-pyrrole nitrogens is 1. The average molecular weight is 319 g/mol. The fraction of sp³-hybridized carbons (Fsp3) is 0.588. The first-order valence-corrected chi connectivity index (χ1v) is 8.39. The molecule has 1 aromatic heterocycles. The molecule has 0 amide bonds. The number of aromatic nitrogens is 2. The topological polar surface area (TPSA) is 50.3 Å². The molecule has 3 heterocycles. The van der Waals surface area contributed by atoms with Gasteiger partial charge in [0.05, 0.1) is 17.6 Å². The quantitative estimate of drug-likeness (QED) is 0.942. The van der Waals surface area contributed by atoms with Crippen molar-refractivity contribution in [2.75, 3.05) is 26.2 Å². The van der Waals surface area contributed by atoms with Gasteiger partial charge in [-0.25, -0.2) is 9.18 Å². The third-order valence-corrected chi connectivity index (χ3v) is 5.11. The SMILES string of the molecule is O=c1[nH]c2ccccc2n1C1CCN(CC2OCCC2F)CC1. The molecular formula is C17H22FN3O2. The fourth-order valence-electron chi connectivity index (χ4n) is 3.84. The number of benzene rings is 1. The molecule has 6 heteroatoms. The summed E-state index contributed by atoms with van der Waals surface area (Å²) in [5.74, 6) is 0. The van der Waals surface area contributed by atoms with E-state index < -0.39 is 6.17 Å². The van der Waals surface area contributed by atoms with Crippen LogP contribution in [-0.4, -0.2) is 53.0 Å². The summed E-state index contributed by atoms with van der Waals surface area (Å²) in [6, 6.07) is 8.02. The highest BCUT2D eigenvalue weighted by Gasteiger charge is 2.31. The molecule has 124 valence electrons. The van der Waals surface area contributed by atoms with Crippen LogP contribution in [-0.2, 0) is 4.74 Å². The highest BCUT2D eigenvalue weighted by molar-refractivity contribution is 5.75. The minimum atomic E-state index is -0.830. The summed E-state index contributed by atoms with van der Waals surface area (Å²) in [7, 11) is 0. The Labute approximate surface area is 134 Å². The second-order valence-electron chi connectivity index (χ2n) is 6.56. The Morgan fingerprint density at radius 2 is 2.00 bits per heavy atom. The predicted molar refractivity (Wildman–Crippen MR) is 86.5 cm³/mol. The van der Waals surface area contributed by atoms with E-state index in [1.165, 1.54) is 0 Å². The van der Waals surface area contributed by atoms with Gasteiger partial charge in [-0.2, -0.15) is 0 Å². The number of nitrogens with one attached hydrogen (secondary N) is 1. The first-order valence-electron chi connectivity index (χ1n) is 8.39. The summed E-state index contributed by atoms with van der Waals surface area (Å²) < 4.78 is 21.0. The highest BCUT2D eigenvalue weighted by Crippen LogP contribution is 2.26. The van der Waals surface area contributed by atoms with Gasteiger partial charge in [-0.05, 0) is 25.0 Å². The summed E-state index contributed by atoms with van der Waals surface area (Å²) in [6.07, 6.45) is 1.23. The van der Waals surface area contributed by atoms with E-state index in [0.29, 0.717) is 19.6 Å². The highest BCUT2D eigenvalue weighted by atomic mass is 19.1. The van der Waals surface area contributed by atoms with Gasteiger partial charge in [0.1, 0.15) is 12.3 Å². The lowest BCUT2D eigenvalue weighted by Gasteiger charge is -2.34. The van der Waals surface area contributed by atoms with Crippen molar-refractivity contribution in [3.05, 3.63) is 34.7 Å². The van der Waals surface area contributed by atoms with Crippen molar-refractivity contribution < 1.29 is 9.13 Å². The van der Waals surface area contributed by atoms with E-state index >= 15 is 0 Å². The van der Waals surface area contributed by atoms with Crippen molar-refractivity contribution in [2.45, 2.75) is 37.6 Å². The molecule has 0 saturated carbocycles. The van der Waals surface area contributed by atoms with Gasteiger partial charge in [-0.15, -0.1) is 0 Å². The monoisotopic (exact) mass is 319 g/mol. The molecule has 4 rings (SSSR count). The van der Waals surface area contributed by atoms with Crippen LogP contribution in [0.1, 0.15) is 25.3 Å². The third kappa shape index (κ3) is 2.81. The lowest BCUT2D eigenvalue weighted by Crippen LogP contribution is -2.42. The number of fused-ring (bicyclic) bond motifs is 1. The number of likely N-dealkylation sites (tertiary alicyclic amines) is 1. The Bertz CT molecular complexity index is 733. The molecule has 2 fully saturated rings. The summed E-state index contributed by atoms with van der Waals surface area (Å²) in [5.41, 5.74) is 1.83. The smallest absolute Gasteiger partial charge is 0.326 e. The first kappa shape index (κ1) is 14.9. The second-order valence-corrected chi connectivity index (χ2v) is 6.56. The van der Waals surface area contributed by atoms with Crippen LogP contribution in [0.4, 0.5) is 4.39 Å². The van der Waals surface area contributed by atoms with Crippen molar-refractivity contribution in [1.29, 1.82) is 0 Å². The molecule has 2 aliphatic rings. The summed E-state index contributed by atoms with van der Waals surface area (Å²) >= 11 is 0. The minimum absolute atomic E-state index is 0.0346. The molecule has 2 aliphatic heterocycles. The molecule has 0 radical (unpaired) electrons. The Balaban J connectivity index is 1.45. The van der Waals surface area contributed by atoms with Crippen LogP contribution < -0.4 is 5.69 Å². The Hall–Kier alpha value is -1.66. The zero-order chi connectivity index (χ0) is 15.8. The number of imidazole rings is 1. The lowest BCUT2D eigenvalue weighted by molar-refractivity contribution is 0.0350. The van der Waals surface area contributed by atoms with Gasteiger partial charge in [0.15, 0.2) is 0 Å². The van der Waals surface area contributed by atoms with Crippen molar-refractivity contribution in [3.8, 4) is 0 Å². The predicted octanol–water partition coefficient (Wildman–Crippen LogP) is 2.09. The maximum atomic E-state index is 13.7. The molecule has 5 nitrogen and oxygen atoms in total. The number of halogens is 1. The Morgan fingerprint density at radius 3 is 2.74 bits per heavy atom. The third-order valence-electron chi connectivity index (χ3n) is 5.11. The van der Waals surface area contributed by atoms with Gasteiger partial charge in [-0.3, -0.25) is 4.57 Å². The lowest BCUT2D eigenvalue weighted by atomic mass is 10.0. The van der Waals surface area contributed by atoms with Gasteiger partial charge in [0.25, 0.3) is 0 Å². The van der Waals surface area contributed by atoms with E-state index in [1.54, 1.807) is 0 Å². The Kier molecular flexibility index (Phi) is 3.95. The minimum Gasteiger partial charge on any atom is -0.374 e. The van der Waals surface area contributed by atoms with Crippen LogP contribution in [0.5, 0.6) is 0 Å². The van der Waals surface area contributed by atoms with Crippen LogP contribution in [0, 0.1) is 0 Å². The largest absolute Gasteiger partial charge is 0.374 e. The molecule has 23 heavy (non-hydrogen) atoms. The molecule has 2 aromatic rings. The summed E-state index contributed by atoms with van der Waals surface area (Å²) in [6.45, 7) is 2.95. The summed E-state index contributed by atoms with van der Waals surface area (Å²) in [4.78, 5) is 17.5. The van der Waals surface area contributed by atoms with Crippen molar-refractivity contribution in [3.63, 3.8) is 0 Å². The van der Waals surface area contributed by atoms with Crippen LogP contribution >= 0.6 is 0 Å².